The maximum absolute atomic E-state index is 5.69. The third kappa shape index (κ3) is 3.83. The molecule has 2 nitrogen and oxygen atoms in total. The summed E-state index contributed by atoms with van der Waals surface area (Å²) in [5.74, 6) is 1.39. The second-order valence-corrected chi connectivity index (χ2v) is 10.5. The number of hydrogen-bond acceptors (Lipinski definition) is 2. The minimum Gasteiger partial charge on any atom is -0.391 e. The average molecular weight is 392 g/mol. The Morgan fingerprint density at radius 3 is 2.69 bits per heavy atom. The zero-order valence-corrected chi connectivity index (χ0v) is 18.5. The van der Waals surface area contributed by atoms with Gasteiger partial charge in [-0.25, -0.2) is 0 Å². The van der Waals surface area contributed by atoms with Crippen molar-refractivity contribution in [3.05, 3.63) is 60.2 Å². The van der Waals surface area contributed by atoms with Gasteiger partial charge in [-0.3, -0.25) is 0 Å². The molecular weight excluding hydrogens is 354 g/mol. The van der Waals surface area contributed by atoms with Gasteiger partial charge >= 0.3 is 0 Å². The van der Waals surface area contributed by atoms with Gasteiger partial charge in [-0.2, -0.15) is 0 Å². The fourth-order valence-electron chi connectivity index (χ4n) is 6.66. The number of rotatable bonds is 5. The minimum atomic E-state index is 0.120. The van der Waals surface area contributed by atoms with Crippen LogP contribution in [-0.4, -0.2) is 6.21 Å². The Labute approximate surface area is 177 Å². The summed E-state index contributed by atoms with van der Waals surface area (Å²) >= 11 is 0. The third-order valence-electron chi connectivity index (χ3n) is 8.37. The van der Waals surface area contributed by atoms with Gasteiger partial charge in [0.2, 0.25) is 0 Å². The van der Waals surface area contributed by atoms with Crippen LogP contribution in [0.4, 0.5) is 0 Å². The Bertz CT molecular complexity index is 796. The van der Waals surface area contributed by atoms with Gasteiger partial charge in [0, 0.05) is 11.6 Å². The van der Waals surface area contributed by atoms with Gasteiger partial charge in [0.15, 0.2) is 0 Å². The number of fused-ring (bicyclic) bond motifs is 3. The Morgan fingerprint density at radius 2 is 1.93 bits per heavy atom. The highest BCUT2D eigenvalue weighted by atomic mass is 16.6. The third-order valence-corrected chi connectivity index (χ3v) is 8.37. The summed E-state index contributed by atoms with van der Waals surface area (Å²) in [6.45, 7) is 12.0. The van der Waals surface area contributed by atoms with Crippen LogP contribution < -0.4 is 0 Å². The van der Waals surface area contributed by atoms with Crippen LogP contribution in [-0.2, 0) is 11.4 Å². The van der Waals surface area contributed by atoms with E-state index in [9.17, 15) is 0 Å². The molecule has 4 rings (SSSR count). The van der Waals surface area contributed by atoms with Crippen LogP contribution >= 0.6 is 0 Å². The normalized spacial score (nSPS) is 39.3. The van der Waals surface area contributed by atoms with Crippen LogP contribution in [0, 0.1) is 28.1 Å². The van der Waals surface area contributed by atoms with E-state index >= 15 is 0 Å². The monoisotopic (exact) mass is 391 g/mol. The van der Waals surface area contributed by atoms with E-state index in [-0.39, 0.29) is 10.8 Å². The van der Waals surface area contributed by atoms with Gasteiger partial charge in [-0.05, 0) is 66.8 Å². The minimum absolute atomic E-state index is 0.120. The summed E-state index contributed by atoms with van der Waals surface area (Å²) in [4.78, 5) is 5.69. The molecule has 3 aliphatic carbocycles. The van der Waals surface area contributed by atoms with Crippen molar-refractivity contribution in [1.82, 2.24) is 0 Å². The molecule has 0 saturated heterocycles. The van der Waals surface area contributed by atoms with E-state index in [4.69, 9.17) is 4.84 Å². The summed E-state index contributed by atoms with van der Waals surface area (Å²) in [6, 6.07) is 10.3. The molecule has 0 bridgehead atoms. The molecule has 5 atom stereocenters. The summed E-state index contributed by atoms with van der Waals surface area (Å²) in [7, 11) is 0. The first-order chi connectivity index (χ1) is 13.9. The number of nitrogens with zero attached hydrogens (tertiary/aromatic N) is 1. The molecule has 156 valence electrons. The van der Waals surface area contributed by atoms with Crippen LogP contribution in [0.3, 0.4) is 0 Å². The molecule has 3 aliphatic rings. The summed E-state index contributed by atoms with van der Waals surface area (Å²) in [5.41, 5.74) is 3.62. The van der Waals surface area contributed by atoms with Crippen LogP contribution in [0.25, 0.3) is 0 Å². The van der Waals surface area contributed by atoms with E-state index < -0.39 is 0 Å². The van der Waals surface area contributed by atoms with E-state index in [0.717, 1.165) is 12.3 Å². The second kappa shape index (κ2) is 7.78. The first kappa shape index (κ1) is 20.4. The first-order valence-electron chi connectivity index (χ1n) is 11.4. The molecule has 0 spiro atoms. The standard InChI is InChI=1S/C27H37NO/c1-5-25(2)17-14-23-22(18-25)12-13-24-26(3,15-9-16-27(23,24)4)20-28-29-19-21-10-7-6-8-11-21/h5-8,10-11,14,20,22,24H,1,9,12-13,15-19H2,2-4H3/b28-20+/t22?,24?,25-,26-,27-/m0/s1. The van der Waals surface area contributed by atoms with Crippen LogP contribution in [0.2, 0.25) is 0 Å². The maximum atomic E-state index is 5.69. The van der Waals surface area contributed by atoms with Crippen molar-refractivity contribution in [2.24, 2.45) is 33.2 Å². The molecule has 2 fully saturated rings. The van der Waals surface area contributed by atoms with Gasteiger partial charge in [0.25, 0.3) is 0 Å². The van der Waals surface area contributed by atoms with Crippen LogP contribution in [0.1, 0.15) is 71.3 Å². The zero-order valence-electron chi connectivity index (χ0n) is 18.5. The molecule has 2 saturated carbocycles. The smallest absolute Gasteiger partial charge is 0.142 e. The maximum Gasteiger partial charge on any atom is 0.142 e. The molecule has 0 N–H and O–H groups in total. The molecule has 2 heteroatoms. The second-order valence-electron chi connectivity index (χ2n) is 10.5. The molecule has 0 radical (unpaired) electrons. The van der Waals surface area contributed by atoms with E-state index in [0.29, 0.717) is 17.9 Å². The largest absolute Gasteiger partial charge is 0.391 e. The lowest BCUT2D eigenvalue weighted by Crippen LogP contribution is -2.50. The highest BCUT2D eigenvalue weighted by Gasteiger charge is 2.54. The first-order valence-corrected chi connectivity index (χ1v) is 11.4. The molecule has 2 unspecified atom stereocenters. The van der Waals surface area contributed by atoms with Gasteiger partial charge in [0.05, 0.1) is 0 Å². The molecule has 0 amide bonds. The van der Waals surface area contributed by atoms with Gasteiger partial charge < -0.3 is 4.84 Å². The fraction of sp³-hybridized carbons (Fsp3) is 0.593. The van der Waals surface area contributed by atoms with Crippen molar-refractivity contribution in [2.75, 3.05) is 0 Å². The predicted octanol–water partition coefficient (Wildman–Crippen LogP) is 7.32. The predicted molar refractivity (Wildman–Crippen MR) is 122 cm³/mol. The highest BCUT2D eigenvalue weighted by Crippen LogP contribution is 2.63. The Kier molecular flexibility index (Phi) is 5.48. The lowest BCUT2D eigenvalue weighted by Gasteiger charge is -2.58. The van der Waals surface area contributed by atoms with E-state index in [1.165, 1.54) is 44.1 Å². The quantitative estimate of drug-likeness (QED) is 0.293. The van der Waals surface area contributed by atoms with Crippen molar-refractivity contribution < 1.29 is 4.84 Å². The van der Waals surface area contributed by atoms with E-state index in [1.807, 2.05) is 18.2 Å². The lowest BCUT2D eigenvalue weighted by atomic mass is 9.46. The van der Waals surface area contributed by atoms with Crippen molar-refractivity contribution in [3.8, 4) is 0 Å². The Morgan fingerprint density at radius 1 is 1.14 bits per heavy atom. The van der Waals surface area contributed by atoms with Crippen molar-refractivity contribution in [2.45, 2.75) is 72.3 Å². The summed E-state index contributed by atoms with van der Waals surface area (Å²) in [6.07, 6.45) is 15.8. The Balaban J connectivity index is 1.50. The SMILES string of the molecule is C=C[C@@]1(C)CC=C2C(CCC3[C@@]2(C)CCC[C@@]3(C)/C=N/OCc2ccccc2)C1. The number of benzene rings is 1. The van der Waals surface area contributed by atoms with Crippen molar-refractivity contribution in [3.63, 3.8) is 0 Å². The van der Waals surface area contributed by atoms with Crippen molar-refractivity contribution in [1.29, 1.82) is 0 Å². The topological polar surface area (TPSA) is 21.6 Å². The summed E-state index contributed by atoms with van der Waals surface area (Å²) < 4.78 is 0. The lowest BCUT2D eigenvalue weighted by molar-refractivity contribution is 0.0113. The van der Waals surface area contributed by atoms with E-state index in [1.54, 1.807) is 5.57 Å². The van der Waals surface area contributed by atoms with Crippen LogP contribution in [0.5, 0.6) is 0 Å². The molecular formula is C27H37NO. The van der Waals surface area contributed by atoms with Gasteiger partial charge in [-0.15, -0.1) is 6.58 Å². The molecule has 0 aliphatic heterocycles. The average Bonchev–Trinajstić information content (AvgIpc) is 2.72. The van der Waals surface area contributed by atoms with Crippen LogP contribution in [0.15, 0.2) is 59.8 Å². The number of hydrogen-bond donors (Lipinski definition) is 0. The Hall–Kier alpha value is -1.83. The number of allylic oxidation sites excluding steroid dienone is 3. The highest BCUT2D eigenvalue weighted by molar-refractivity contribution is 5.66. The fourth-order valence-corrected chi connectivity index (χ4v) is 6.66. The van der Waals surface area contributed by atoms with Gasteiger partial charge in [-0.1, -0.05) is 80.4 Å². The molecule has 1 aromatic rings. The molecule has 0 aromatic heterocycles. The van der Waals surface area contributed by atoms with E-state index in [2.05, 4.69) is 63.0 Å². The number of oxime groups is 1. The molecule has 0 heterocycles. The molecule has 29 heavy (non-hydrogen) atoms. The summed E-state index contributed by atoms with van der Waals surface area (Å²) in [5, 5.41) is 4.47. The zero-order chi connectivity index (χ0) is 20.5. The van der Waals surface area contributed by atoms with Crippen molar-refractivity contribution >= 4 is 6.21 Å². The molecule has 1 aromatic carbocycles. The van der Waals surface area contributed by atoms with Gasteiger partial charge in [0.1, 0.15) is 6.61 Å².